The molecule has 2 aromatic rings. The van der Waals surface area contributed by atoms with Gasteiger partial charge in [-0.2, -0.15) is 5.10 Å². The van der Waals surface area contributed by atoms with Crippen LogP contribution in [0.25, 0.3) is 11.0 Å². The summed E-state index contributed by atoms with van der Waals surface area (Å²) >= 11 is 0. The molecule has 0 spiro atoms. The van der Waals surface area contributed by atoms with Gasteiger partial charge in [0.25, 0.3) is 0 Å². The van der Waals surface area contributed by atoms with E-state index in [0.29, 0.717) is 0 Å². The fraction of sp³-hybridized carbons (Fsp3) is 0.438. The van der Waals surface area contributed by atoms with E-state index in [2.05, 4.69) is 24.2 Å². The van der Waals surface area contributed by atoms with Crippen molar-refractivity contribution in [1.29, 1.82) is 0 Å². The lowest BCUT2D eigenvalue weighted by Crippen LogP contribution is -2.17. The fourth-order valence-corrected chi connectivity index (χ4v) is 2.15. The molecule has 0 unspecified atom stereocenters. The van der Waals surface area contributed by atoms with Crippen LogP contribution in [0.15, 0.2) is 39.9 Å². The number of furan rings is 1. The summed E-state index contributed by atoms with van der Waals surface area (Å²) < 4.78 is 5.85. The first-order valence-electron chi connectivity index (χ1n) is 7.10. The standard InChI is InChI=1S/C16H22N2O/c1-3-5-6-9-12-18(17-4-2)16-13-14-10-7-8-11-15(14)19-16/h4,7-8,10-11,13H,3,5-6,9,12H2,1-2H3/b17-4+. The number of para-hydroxylation sites is 1. The highest BCUT2D eigenvalue weighted by Crippen LogP contribution is 2.26. The van der Waals surface area contributed by atoms with Crippen molar-refractivity contribution in [2.45, 2.75) is 39.5 Å². The monoisotopic (exact) mass is 258 g/mol. The first-order chi connectivity index (χ1) is 9.35. The van der Waals surface area contributed by atoms with E-state index in [1.165, 1.54) is 19.3 Å². The molecule has 3 nitrogen and oxygen atoms in total. The van der Waals surface area contributed by atoms with Gasteiger partial charge in [0.2, 0.25) is 5.88 Å². The van der Waals surface area contributed by atoms with Crippen LogP contribution in [0.4, 0.5) is 5.88 Å². The minimum Gasteiger partial charge on any atom is -0.439 e. The lowest BCUT2D eigenvalue weighted by atomic mass is 10.2. The Balaban J connectivity index is 2.09. The van der Waals surface area contributed by atoms with Gasteiger partial charge in [-0.3, -0.25) is 0 Å². The van der Waals surface area contributed by atoms with Crippen LogP contribution < -0.4 is 5.01 Å². The molecule has 1 heterocycles. The van der Waals surface area contributed by atoms with E-state index in [4.69, 9.17) is 4.42 Å². The molecule has 19 heavy (non-hydrogen) atoms. The average molecular weight is 258 g/mol. The van der Waals surface area contributed by atoms with Gasteiger partial charge in [-0.15, -0.1) is 0 Å². The Kier molecular flexibility index (Phi) is 5.01. The third kappa shape index (κ3) is 3.60. The van der Waals surface area contributed by atoms with Gasteiger partial charge in [0.1, 0.15) is 5.58 Å². The number of nitrogens with zero attached hydrogens (tertiary/aromatic N) is 2. The summed E-state index contributed by atoms with van der Waals surface area (Å²) in [4.78, 5) is 0. The Bertz CT molecular complexity index is 497. The molecule has 0 saturated carbocycles. The van der Waals surface area contributed by atoms with Crippen molar-refractivity contribution in [3.8, 4) is 0 Å². The number of rotatable bonds is 7. The van der Waals surface area contributed by atoms with Gasteiger partial charge in [-0.05, 0) is 19.4 Å². The first-order valence-corrected chi connectivity index (χ1v) is 7.10. The average Bonchev–Trinajstić information content (AvgIpc) is 2.86. The second-order valence-corrected chi connectivity index (χ2v) is 4.68. The number of hydrogen-bond donors (Lipinski definition) is 0. The fourth-order valence-electron chi connectivity index (χ4n) is 2.15. The van der Waals surface area contributed by atoms with Crippen LogP contribution in [0, 0.1) is 0 Å². The zero-order valence-corrected chi connectivity index (χ0v) is 11.8. The Morgan fingerprint density at radius 2 is 2.05 bits per heavy atom. The first kappa shape index (κ1) is 13.7. The molecular weight excluding hydrogens is 236 g/mol. The maximum atomic E-state index is 5.85. The number of hydrogen-bond acceptors (Lipinski definition) is 3. The van der Waals surface area contributed by atoms with Crippen LogP contribution >= 0.6 is 0 Å². The lowest BCUT2D eigenvalue weighted by Gasteiger charge is -2.15. The minimum atomic E-state index is 0.829. The molecule has 0 aliphatic heterocycles. The van der Waals surface area contributed by atoms with Gasteiger partial charge in [0, 0.05) is 24.2 Å². The summed E-state index contributed by atoms with van der Waals surface area (Å²) in [5.41, 5.74) is 0.919. The molecule has 0 aliphatic carbocycles. The predicted molar refractivity (Wildman–Crippen MR) is 81.9 cm³/mol. The number of benzene rings is 1. The number of unbranched alkanes of at least 4 members (excludes halogenated alkanes) is 3. The van der Waals surface area contributed by atoms with E-state index in [1.807, 2.05) is 36.3 Å². The molecule has 0 amide bonds. The lowest BCUT2D eigenvalue weighted by molar-refractivity contribution is 0.569. The smallest absolute Gasteiger partial charge is 0.216 e. The summed E-state index contributed by atoms with van der Waals surface area (Å²) in [7, 11) is 0. The van der Waals surface area contributed by atoms with Crippen molar-refractivity contribution in [2.24, 2.45) is 5.10 Å². The molecular formula is C16H22N2O. The van der Waals surface area contributed by atoms with Crippen LogP contribution in [0.2, 0.25) is 0 Å². The maximum Gasteiger partial charge on any atom is 0.216 e. The summed E-state index contributed by atoms with van der Waals surface area (Å²) in [6.07, 6.45) is 6.73. The van der Waals surface area contributed by atoms with Crippen molar-refractivity contribution in [1.82, 2.24) is 0 Å². The normalized spacial score (nSPS) is 11.5. The van der Waals surface area contributed by atoms with E-state index in [1.54, 1.807) is 0 Å². The zero-order chi connectivity index (χ0) is 13.5. The number of fused-ring (bicyclic) bond motifs is 1. The highest BCUT2D eigenvalue weighted by atomic mass is 16.4. The SMILES string of the molecule is C/C=N/N(CCCCCC)c1cc2ccccc2o1. The second-order valence-electron chi connectivity index (χ2n) is 4.68. The molecule has 0 N–H and O–H groups in total. The summed E-state index contributed by atoms with van der Waals surface area (Å²) in [6, 6.07) is 10.1. The minimum absolute atomic E-state index is 0.829. The van der Waals surface area contributed by atoms with Crippen molar-refractivity contribution in [2.75, 3.05) is 11.6 Å². The van der Waals surface area contributed by atoms with Crippen LogP contribution in [0.3, 0.4) is 0 Å². The van der Waals surface area contributed by atoms with E-state index in [0.717, 1.165) is 29.8 Å². The van der Waals surface area contributed by atoms with Crippen LogP contribution in [0.5, 0.6) is 0 Å². The highest BCUT2D eigenvalue weighted by molar-refractivity contribution is 5.81. The van der Waals surface area contributed by atoms with Crippen LogP contribution in [0.1, 0.15) is 39.5 Å². The molecule has 0 fully saturated rings. The molecule has 1 aromatic heterocycles. The van der Waals surface area contributed by atoms with Crippen molar-refractivity contribution in [3.05, 3.63) is 30.3 Å². The van der Waals surface area contributed by atoms with Crippen LogP contribution in [-0.4, -0.2) is 12.8 Å². The third-order valence-electron chi connectivity index (χ3n) is 3.15. The highest BCUT2D eigenvalue weighted by Gasteiger charge is 2.10. The largest absolute Gasteiger partial charge is 0.439 e. The van der Waals surface area contributed by atoms with Gasteiger partial charge < -0.3 is 4.42 Å². The second kappa shape index (κ2) is 6.98. The van der Waals surface area contributed by atoms with Gasteiger partial charge in [0.15, 0.2) is 0 Å². The van der Waals surface area contributed by atoms with Gasteiger partial charge in [-0.1, -0.05) is 44.4 Å². The van der Waals surface area contributed by atoms with E-state index in [9.17, 15) is 0 Å². The Labute approximate surface area is 114 Å². The topological polar surface area (TPSA) is 28.7 Å². The molecule has 2 rings (SSSR count). The van der Waals surface area contributed by atoms with Crippen LogP contribution in [-0.2, 0) is 0 Å². The quantitative estimate of drug-likeness (QED) is 0.404. The Morgan fingerprint density at radius 3 is 2.79 bits per heavy atom. The number of hydrazone groups is 1. The molecule has 102 valence electrons. The van der Waals surface area contributed by atoms with Gasteiger partial charge in [0.05, 0.1) is 0 Å². The van der Waals surface area contributed by atoms with E-state index >= 15 is 0 Å². The van der Waals surface area contributed by atoms with Crippen molar-refractivity contribution in [3.63, 3.8) is 0 Å². The van der Waals surface area contributed by atoms with E-state index < -0.39 is 0 Å². The molecule has 0 bridgehead atoms. The number of anilines is 1. The molecule has 0 aliphatic rings. The molecule has 0 atom stereocenters. The summed E-state index contributed by atoms with van der Waals surface area (Å²) in [5, 5.41) is 7.48. The zero-order valence-electron chi connectivity index (χ0n) is 11.8. The Hall–Kier alpha value is -1.77. The van der Waals surface area contributed by atoms with Crippen molar-refractivity contribution >= 4 is 23.1 Å². The van der Waals surface area contributed by atoms with Crippen molar-refractivity contribution < 1.29 is 4.42 Å². The summed E-state index contributed by atoms with van der Waals surface area (Å²) in [6.45, 7) is 5.06. The third-order valence-corrected chi connectivity index (χ3v) is 3.15. The van der Waals surface area contributed by atoms with Gasteiger partial charge in [-0.25, -0.2) is 5.01 Å². The maximum absolute atomic E-state index is 5.85. The van der Waals surface area contributed by atoms with E-state index in [-0.39, 0.29) is 0 Å². The molecule has 0 saturated heterocycles. The molecule has 1 aromatic carbocycles. The van der Waals surface area contributed by atoms with Gasteiger partial charge >= 0.3 is 0 Å². The summed E-state index contributed by atoms with van der Waals surface area (Å²) in [5.74, 6) is 0.829. The molecule has 3 heteroatoms. The Morgan fingerprint density at radius 1 is 1.21 bits per heavy atom. The predicted octanol–water partition coefficient (Wildman–Crippen LogP) is 4.83. The molecule has 0 radical (unpaired) electrons.